The van der Waals surface area contributed by atoms with Crippen molar-refractivity contribution in [1.82, 2.24) is 5.32 Å². The monoisotopic (exact) mass is 294 g/mol. The molecule has 1 unspecified atom stereocenters. The largest absolute Gasteiger partial charge is 0.371 e. The third kappa shape index (κ3) is 3.89. The second kappa shape index (κ2) is 7.33. The Morgan fingerprint density at radius 3 is 2.90 bits per heavy atom. The Kier molecular flexibility index (Phi) is 5.74. The van der Waals surface area contributed by atoms with Crippen LogP contribution in [0.3, 0.4) is 0 Å². The molecular weight excluding hydrogens is 268 g/mol. The van der Waals surface area contributed by atoms with Crippen molar-refractivity contribution in [1.29, 1.82) is 0 Å². The first-order valence-corrected chi connectivity index (χ1v) is 8.25. The van der Waals surface area contributed by atoms with Crippen molar-refractivity contribution in [3.8, 4) is 0 Å². The molecule has 1 saturated heterocycles. The van der Waals surface area contributed by atoms with E-state index < -0.39 is 0 Å². The van der Waals surface area contributed by atoms with Crippen molar-refractivity contribution in [2.75, 3.05) is 18.0 Å². The van der Waals surface area contributed by atoms with Crippen molar-refractivity contribution < 1.29 is 0 Å². The van der Waals surface area contributed by atoms with Gasteiger partial charge in [-0.05, 0) is 30.9 Å². The smallest absolute Gasteiger partial charge is 0.0471 e. The van der Waals surface area contributed by atoms with E-state index in [2.05, 4.69) is 43.1 Å². The van der Waals surface area contributed by atoms with Gasteiger partial charge in [0.25, 0.3) is 0 Å². The van der Waals surface area contributed by atoms with Gasteiger partial charge in [0.2, 0.25) is 0 Å². The molecule has 1 aromatic carbocycles. The first-order chi connectivity index (χ1) is 9.61. The molecule has 112 valence electrons. The molecule has 0 radical (unpaired) electrons. The number of anilines is 1. The minimum Gasteiger partial charge on any atom is -0.371 e. The molecule has 20 heavy (non-hydrogen) atoms. The number of hydrogen-bond donors (Lipinski definition) is 1. The Morgan fingerprint density at radius 2 is 2.20 bits per heavy atom. The van der Waals surface area contributed by atoms with Crippen LogP contribution in [0.25, 0.3) is 0 Å². The fourth-order valence-corrected chi connectivity index (χ4v) is 3.26. The SMILES string of the molecule is CCCC1CCN(c2cccc(Cl)c2CNC(C)C)C1. The predicted octanol–water partition coefficient (Wildman–Crippen LogP) is 4.46. The highest BCUT2D eigenvalue weighted by atomic mass is 35.5. The zero-order valence-electron chi connectivity index (χ0n) is 13.0. The van der Waals surface area contributed by atoms with Gasteiger partial charge in [0.15, 0.2) is 0 Å². The van der Waals surface area contributed by atoms with Gasteiger partial charge in [0.05, 0.1) is 0 Å². The van der Waals surface area contributed by atoms with E-state index in [4.69, 9.17) is 11.6 Å². The third-order valence-corrected chi connectivity index (χ3v) is 4.46. The summed E-state index contributed by atoms with van der Waals surface area (Å²) in [5.41, 5.74) is 2.57. The number of benzene rings is 1. The normalized spacial score (nSPS) is 19.1. The first kappa shape index (κ1) is 15.7. The molecule has 0 amide bonds. The lowest BCUT2D eigenvalue weighted by Gasteiger charge is -2.24. The molecule has 3 heteroatoms. The average molecular weight is 295 g/mol. The third-order valence-electron chi connectivity index (χ3n) is 4.10. The molecule has 0 bridgehead atoms. The van der Waals surface area contributed by atoms with Crippen LogP contribution in [0.1, 0.15) is 45.6 Å². The van der Waals surface area contributed by atoms with Crippen molar-refractivity contribution in [3.63, 3.8) is 0 Å². The summed E-state index contributed by atoms with van der Waals surface area (Å²) in [5, 5.41) is 4.38. The molecule has 0 saturated carbocycles. The lowest BCUT2D eigenvalue weighted by Crippen LogP contribution is -2.26. The maximum atomic E-state index is 6.42. The Labute approximate surface area is 128 Å². The van der Waals surface area contributed by atoms with Gasteiger partial charge in [-0.25, -0.2) is 0 Å². The predicted molar refractivity (Wildman–Crippen MR) is 88.7 cm³/mol. The van der Waals surface area contributed by atoms with Crippen molar-refractivity contribution in [2.45, 2.75) is 52.6 Å². The molecule has 1 aliphatic rings. The Bertz CT molecular complexity index is 431. The van der Waals surface area contributed by atoms with Crippen LogP contribution in [0.2, 0.25) is 5.02 Å². The average Bonchev–Trinajstić information content (AvgIpc) is 2.86. The highest BCUT2D eigenvalue weighted by Gasteiger charge is 2.24. The van der Waals surface area contributed by atoms with Gasteiger partial charge in [-0.2, -0.15) is 0 Å². The summed E-state index contributed by atoms with van der Waals surface area (Å²) in [5.74, 6) is 0.852. The highest BCUT2D eigenvalue weighted by Crippen LogP contribution is 2.32. The summed E-state index contributed by atoms with van der Waals surface area (Å²) in [7, 11) is 0. The van der Waals surface area contributed by atoms with E-state index in [1.807, 2.05) is 6.07 Å². The highest BCUT2D eigenvalue weighted by molar-refractivity contribution is 6.31. The van der Waals surface area contributed by atoms with Crippen molar-refractivity contribution in [2.24, 2.45) is 5.92 Å². The van der Waals surface area contributed by atoms with E-state index in [0.717, 1.165) is 17.5 Å². The lowest BCUT2D eigenvalue weighted by molar-refractivity contribution is 0.529. The van der Waals surface area contributed by atoms with Crippen LogP contribution < -0.4 is 10.2 Å². The fraction of sp³-hybridized carbons (Fsp3) is 0.647. The Hall–Kier alpha value is -0.730. The molecule has 1 heterocycles. The molecule has 0 aliphatic carbocycles. The molecule has 0 spiro atoms. The Morgan fingerprint density at radius 1 is 1.40 bits per heavy atom. The molecule has 1 fully saturated rings. The molecular formula is C17H27ClN2. The van der Waals surface area contributed by atoms with Crippen LogP contribution in [0.15, 0.2) is 18.2 Å². The van der Waals surface area contributed by atoms with E-state index in [9.17, 15) is 0 Å². The first-order valence-electron chi connectivity index (χ1n) is 7.87. The van der Waals surface area contributed by atoms with Gasteiger partial charge in [-0.3, -0.25) is 0 Å². The Balaban J connectivity index is 2.13. The van der Waals surface area contributed by atoms with Crippen LogP contribution in [0.4, 0.5) is 5.69 Å². The zero-order chi connectivity index (χ0) is 14.5. The molecule has 1 N–H and O–H groups in total. The summed E-state index contributed by atoms with van der Waals surface area (Å²) in [6, 6.07) is 6.77. The fourth-order valence-electron chi connectivity index (χ4n) is 3.02. The maximum Gasteiger partial charge on any atom is 0.0471 e. The molecule has 1 aromatic rings. The van der Waals surface area contributed by atoms with Gasteiger partial charge in [0.1, 0.15) is 0 Å². The zero-order valence-corrected chi connectivity index (χ0v) is 13.7. The molecule has 2 rings (SSSR count). The summed E-state index contributed by atoms with van der Waals surface area (Å²) in [4.78, 5) is 2.52. The van der Waals surface area contributed by atoms with Crippen molar-refractivity contribution >= 4 is 17.3 Å². The number of hydrogen-bond acceptors (Lipinski definition) is 2. The standard InChI is InChI=1S/C17H27ClN2/c1-4-6-14-9-10-20(12-14)17-8-5-7-16(18)15(17)11-19-13(2)3/h5,7-8,13-14,19H,4,6,9-12H2,1-3H3. The quantitative estimate of drug-likeness (QED) is 0.833. The van der Waals surface area contributed by atoms with Gasteiger partial charge in [-0.1, -0.05) is 44.9 Å². The summed E-state index contributed by atoms with van der Waals surface area (Å²) < 4.78 is 0. The molecule has 2 nitrogen and oxygen atoms in total. The second-order valence-electron chi connectivity index (χ2n) is 6.16. The van der Waals surface area contributed by atoms with E-state index in [0.29, 0.717) is 6.04 Å². The van der Waals surface area contributed by atoms with E-state index in [1.165, 1.54) is 43.6 Å². The minimum absolute atomic E-state index is 0.477. The van der Waals surface area contributed by atoms with Gasteiger partial charge in [-0.15, -0.1) is 0 Å². The van der Waals surface area contributed by atoms with Crippen LogP contribution in [-0.4, -0.2) is 19.1 Å². The van der Waals surface area contributed by atoms with Crippen LogP contribution in [0, 0.1) is 5.92 Å². The summed E-state index contributed by atoms with van der Waals surface area (Å²) in [6.45, 7) is 9.82. The van der Waals surface area contributed by atoms with Gasteiger partial charge < -0.3 is 10.2 Å². The van der Waals surface area contributed by atoms with E-state index in [1.54, 1.807) is 0 Å². The van der Waals surface area contributed by atoms with Crippen molar-refractivity contribution in [3.05, 3.63) is 28.8 Å². The number of rotatable bonds is 6. The number of nitrogens with zero attached hydrogens (tertiary/aromatic N) is 1. The van der Waals surface area contributed by atoms with E-state index >= 15 is 0 Å². The number of halogens is 1. The number of nitrogens with one attached hydrogen (secondary N) is 1. The molecule has 1 atom stereocenters. The molecule has 1 aliphatic heterocycles. The second-order valence-corrected chi connectivity index (χ2v) is 6.57. The van der Waals surface area contributed by atoms with Crippen LogP contribution in [0.5, 0.6) is 0 Å². The minimum atomic E-state index is 0.477. The topological polar surface area (TPSA) is 15.3 Å². The van der Waals surface area contributed by atoms with E-state index in [-0.39, 0.29) is 0 Å². The lowest BCUT2D eigenvalue weighted by atomic mass is 10.0. The summed E-state index contributed by atoms with van der Waals surface area (Å²) >= 11 is 6.42. The maximum absolute atomic E-state index is 6.42. The van der Waals surface area contributed by atoms with Gasteiger partial charge in [0, 0.05) is 41.9 Å². The van der Waals surface area contributed by atoms with Crippen LogP contribution in [-0.2, 0) is 6.54 Å². The van der Waals surface area contributed by atoms with Gasteiger partial charge >= 0.3 is 0 Å². The summed E-state index contributed by atoms with van der Waals surface area (Å²) in [6.07, 6.45) is 3.95. The molecule has 0 aromatic heterocycles. The van der Waals surface area contributed by atoms with Crippen LogP contribution >= 0.6 is 11.6 Å².